The average molecular weight is 937 g/mol. The minimum absolute atomic E-state index is 0.432. The highest BCUT2D eigenvalue weighted by molar-refractivity contribution is 7.25. The van der Waals surface area contributed by atoms with Crippen molar-refractivity contribution < 1.29 is 8.83 Å². The first-order chi connectivity index (χ1) is 35.7. The van der Waals surface area contributed by atoms with Gasteiger partial charge in [0.25, 0.3) is 0 Å². The Balaban J connectivity index is 0.909. The fourth-order valence-corrected chi connectivity index (χ4v) is 13.8. The van der Waals surface area contributed by atoms with Crippen molar-refractivity contribution in [3.63, 3.8) is 0 Å². The first-order valence-electron chi connectivity index (χ1n) is 24.8. The van der Waals surface area contributed by atoms with Crippen LogP contribution in [0.5, 0.6) is 0 Å². The zero-order valence-electron chi connectivity index (χ0n) is 38.8. The van der Waals surface area contributed by atoms with E-state index in [2.05, 4.69) is 206 Å². The Morgan fingerprint density at radius 1 is 0.389 bits per heavy atom. The van der Waals surface area contributed by atoms with Gasteiger partial charge in [0.05, 0.1) is 16.8 Å². The fraction of sp³-hybridized carbons (Fsp3) is 0.0448. The summed E-state index contributed by atoms with van der Waals surface area (Å²) in [6.45, 7) is 0. The summed E-state index contributed by atoms with van der Waals surface area (Å²) in [5.74, 6) is 0.634. The maximum atomic E-state index is 6.78. The van der Waals surface area contributed by atoms with Gasteiger partial charge in [-0.15, -0.1) is 11.3 Å². The molecule has 1 spiro atoms. The number of benzene rings is 10. The van der Waals surface area contributed by atoms with Crippen molar-refractivity contribution in [1.82, 2.24) is 0 Å². The summed E-state index contributed by atoms with van der Waals surface area (Å²) in [7, 11) is 0. The monoisotopic (exact) mass is 936 g/mol. The number of para-hydroxylation sites is 2. The van der Waals surface area contributed by atoms with Crippen LogP contribution in [0.4, 0.5) is 0 Å². The summed E-state index contributed by atoms with van der Waals surface area (Å²) in [4.78, 5) is 11.4. The fourth-order valence-electron chi connectivity index (χ4n) is 12.6. The molecule has 0 N–H and O–H groups in total. The van der Waals surface area contributed by atoms with E-state index < -0.39 is 5.41 Å². The summed E-state index contributed by atoms with van der Waals surface area (Å²) >= 11 is 1.83. The largest absolute Gasteiger partial charge is 0.456 e. The molecule has 336 valence electrons. The molecular weight excluding hydrogens is 897 g/mol. The smallest absolute Gasteiger partial charge is 0.160 e. The maximum absolute atomic E-state index is 6.78. The lowest BCUT2D eigenvalue weighted by atomic mass is 9.70. The van der Waals surface area contributed by atoms with Crippen LogP contribution in [0.3, 0.4) is 0 Å². The van der Waals surface area contributed by atoms with E-state index in [0.717, 1.165) is 95.9 Å². The Bertz CT molecular complexity index is 4530. The number of thiophene rings is 1. The molecule has 0 atom stereocenters. The number of amidine groups is 1. The van der Waals surface area contributed by atoms with Gasteiger partial charge in [-0.2, -0.15) is 0 Å². The number of aliphatic imine (C=N–C) groups is 2. The van der Waals surface area contributed by atoms with E-state index in [1.165, 1.54) is 64.7 Å². The Kier molecular flexibility index (Phi) is 8.34. The summed E-state index contributed by atoms with van der Waals surface area (Å²) in [6.07, 6.45) is 3.76. The summed E-state index contributed by atoms with van der Waals surface area (Å²) in [5.41, 5.74) is 20.5. The van der Waals surface area contributed by atoms with Crippen molar-refractivity contribution in [3.8, 4) is 33.4 Å². The topological polar surface area (TPSA) is 51.0 Å². The molecule has 0 saturated heterocycles. The van der Waals surface area contributed by atoms with Gasteiger partial charge in [0.1, 0.15) is 22.3 Å². The summed E-state index contributed by atoms with van der Waals surface area (Å²) in [5, 5.41) is 6.66. The molecule has 0 amide bonds. The number of rotatable bonds is 4. The van der Waals surface area contributed by atoms with Crippen molar-refractivity contribution >= 4 is 92.6 Å². The third-order valence-electron chi connectivity index (χ3n) is 15.6. The van der Waals surface area contributed by atoms with Crippen LogP contribution >= 0.6 is 11.3 Å². The van der Waals surface area contributed by atoms with E-state index in [1.807, 2.05) is 23.5 Å². The molecule has 10 aromatic carbocycles. The van der Waals surface area contributed by atoms with Crippen molar-refractivity contribution in [3.05, 3.63) is 257 Å². The molecule has 0 unspecified atom stereocenters. The molecule has 5 heteroatoms. The van der Waals surface area contributed by atoms with Gasteiger partial charge in [0.2, 0.25) is 0 Å². The van der Waals surface area contributed by atoms with Crippen molar-refractivity contribution in [2.75, 3.05) is 0 Å². The van der Waals surface area contributed by atoms with Crippen LogP contribution in [-0.4, -0.2) is 11.5 Å². The van der Waals surface area contributed by atoms with Crippen LogP contribution in [0.15, 0.2) is 237 Å². The van der Waals surface area contributed by atoms with Crippen LogP contribution in [0.25, 0.3) is 103 Å². The minimum Gasteiger partial charge on any atom is -0.456 e. The zero-order valence-corrected chi connectivity index (χ0v) is 39.6. The van der Waals surface area contributed by atoms with Crippen LogP contribution in [0.1, 0.15) is 51.8 Å². The number of hydrogen-bond donors (Lipinski definition) is 0. The quantitative estimate of drug-likeness (QED) is 0.177. The van der Waals surface area contributed by atoms with Crippen LogP contribution < -0.4 is 0 Å². The normalized spacial score (nSPS) is 14.6. The van der Waals surface area contributed by atoms with Crippen molar-refractivity contribution in [2.24, 2.45) is 9.98 Å². The molecule has 2 aliphatic carbocycles. The molecule has 3 aromatic heterocycles. The Labute approximate surface area is 418 Å². The van der Waals surface area contributed by atoms with E-state index >= 15 is 0 Å². The zero-order chi connectivity index (χ0) is 47.1. The number of fused-ring (bicyclic) bond motifs is 19. The molecule has 0 saturated carbocycles. The second-order valence-electron chi connectivity index (χ2n) is 19.3. The molecule has 72 heavy (non-hydrogen) atoms. The van der Waals surface area contributed by atoms with E-state index in [0.29, 0.717) is 5.84 Å². The molecule has 4 heterocycles. The maximum Gasteiger partial charge on any atom is 0.160 e. The molecule has 16 rings (SSSR count). The molecule has 0 fully saturated rings. The predicted molar refractivity (Wildman–Crippen MR) is 299 cm³/mol. The molecule has 1 aliphatic heterocycles. The first-order valence-corrected chi connectivity index (χ1v) is 25.6. The third-order valence-corrected chi connectivity index (χ3v) is 16.8. The van der Waals surface area contributed by atoms with Gasteiger partial charge in [0.15, 0.2) is 5.84 Å². The molecule has 0 radical (unpaired) electrons. The second-order valence-corrected chi connectivity index (χ2v) is 20.4. The van der Waals surface area contributed by atoms with Crippen LogP contribution in [0.2, 0.25) is 0 Å². The molecule has 0 bridgehead atoms. The van der Waals surface area contributed by atoms with E-state index in [4.69, 9.17) is 18.8 Å². The number of nitrogens with zero attached hydrogens (tertiary/aromatic N) is 2. The highest BCUT2D eigenvalue weighted by Gasteiger charge is 2.51. The SMILES string of the molecule is C1=C(c2cccc3c2oc2ccccc23)N=C(c2cccc3oc4ccc(-c5ccc6c(c5)C5(c7ccccc7-c7ccccc75)c5ccccc5-6)cc4c23)N=C(c2cccc3sc4ccccc4c23)CC1. The Hall–Kier alpha value is -8.90. The standard InChI is InChI=1S/C67H40N2O2S/c1-6-24-52-41(15-1)42-16-2-7-25-53(42)67(52)54-26-8-3-17-43(54)44-35-33-40(38-55(44)67)39-34-36-59-51(37-39)63-50(23-12-30-60(63)70-59)66-68-56(47-21-13-32-62-64(47)49-19-5-10-31-61(49)72-62)27-14-28-57(69-66)48-22-11-20-46-45-18-4-9-29-58(45)71-65(46)48/h1-13,15-26,28-38H,14,27H2. The Morgan fingerprint density at radius 3 is 1.79 bits per heavy atom. The average Bonchev–Trinajstić information content (AvgIpc) is 4.24. The minimum atomic E-state index is -0.432. The highest BCUT2D eigenvalue weighted by atomic mass is 32.1. The van der Waals surface area contributed by atoms with Gasteiger partial charge >= 0.3 is 0 Å². The Morgan fingerprint density at radius 2 is 0.972 bits per heavy atom. The van der Waals surface area contributed by atoms with Crippen LogP contribution in [-0.2, 0) is 5.41 Å². The van der Waals surface area contributed by atoms with Gasteiger partial charge in [-0.3, -0.25) is 0 Å². The summed E-state index contributed by atoms with van der Waals surface area (Å²) < 4.78 is 15.9. The van der Waals surface area contributed by atoms with Crippen molar-refractivity contribution in [1.29, 1.82) is 0 Å². The van der Waals surface area contributed by atoms with Crippen molar-refractivity contribution in [2.45, 2.75) is 18.3 Å². The molecule has 4 nitrogen and oxygen atoms in total. The van der Waals surface area contributed by atoms with E-state index in [9.17, 15) is 0 Å². The lowest BCUT2D eigenvalue weighted by Crippen LogP contribution is -2.25. The van der Waals surface area contributed by atoms with Gasteiger partial charge in [0, 0.05) is 58.4 Å². The lowest BCUT2D eigenvalue weighted by molar-refractivity contribution is 0.667. The first kappa shape index (κ1) is 39.9. The lowest BCUT2D eigenvalue weighted by Gasteiger charge is -2.30. The van der Waals surface area contributed by atoms with Gasteiger partial charge in [-0.25, -0.2) is 9.98 Å². The van der Waals surface area contributed by atoms with Crippen LogP contribution in [0, 0.1) is 0 Å². The summed E-state index contributed by atoms with van der Waals surface area (Å²) in [6, 6.07) is 77.1. The molecule has 13 aromatic rings. The van der Waals surface area contributed by atoms with Gasteiger partial charge < -0.3 is 8.83 Å². The number of furan rings is 2. The molecule has 3 aliphatic rings. The predicted octanol–water partition coefficient (Wildman–Crippen LogP) is 17.9. The highest BCUT2D eigenvalue weighted by Crippen LogP contribution is 2.63. The number of hydrogen-bond acceptors (Lipinski definition) is 5. The third kappa shape index (κ3) is 5.51. The van der Waals surface area contributed by atoms with Gasteiger partial charge in [-0.05, 0) is 117 Å². The van der Waals surface area contributed by atoms with Gasteiger partial charge in [-0.1, -0.05) is 170 Å². The number of allylic oxidation sites excluding steroid dienone is 1. The second kappa shape index (κ2) is 15.1. The van der Waals surface area contributed by atoms with E-state index in [1.54, 1.807) is 0 Å². The molecular formula is C67H40N2O2S. The van der Waals surface area contributed by atoms with E-state index in [-0.39, 0.29) is 0 Å².